The van der Waals surface area contributed by atoms with Crippen LogP contribution in [0.1, 0.15) is 59.6 Å². The maximum Gasteiger partial charge on any atom is 0.302 e. The summed E-state index contributed by atoms with van der Waals surface area (Å²) in [6.45, 7) is 13.8. The topological polar surface area (TPSA) is 68.7 Å². The summed E-state index contributed by atoms with van der Waals surface area (Å²) in [7, 11) is 1.47. The third-order valence-corrected chi connectivity index (χ3v) is 5.85. The number of hydrogen-bond acceptors (Lipinski definition) is 5. The Labute approximate surface area is 265 Å². The summed E-state index contributed by atoms with van der Waals surface area (Å²) in [5.74, 6) is -0.393. The molecule has 0 amide bonds. The number of carbonyl (C=O) groups excluding carboxylic acids is 1. The Balaban J connectivity index is 0.000000539. The summed E-state index contributed by atoms with van der Waals surface area (Å²) in [4.78, 5) is 14.4. The van der Waals surface area contributed by atoms with Gasteiger partial charge in [0, 0.05) is 25.6 Å². The molecule has 1 unspecified atom stereocenters. The number of fused-ring (bicyclic) bond motifs is 2. The number of aromatic nitrogens is 1. The van der Waals surface area contributed by atoms with Gasteiger partial charge in [-0.15, -0.1) is 0 Å². The number of rotatable bonds is 6. The molecule has 0 bridgehead atoms. The minimum atomic E-state index is -0.714. The predicted octanol–water partition coefficient (Wildman–Crippen LogP) is 9.50. The number of ether oxygens (including phenoxy) is 2. The molecule has 1 heterocycles. The molecule has 0 aliphatic heterocycles. The fraction of sp³-hybridized carbons (Fsp3) is 0.333. The van der Waals surface area contributed by atoms with Crippen LogP contribution in [0.25, 0.3) is 21.7 Å². The first kappa shape index (κ1) is 39.9. The van der Waals surface area contributed by atoms with Crippen LogP contribution < -0.4 is 0 Å². The summed E-state index contributed by atoms with van der Waals surface area (Å²) in [5, 5.41) is 12.7. The van der Waals surface area contributed by atoms with Crippen LogP contribution in [0, 0.1) is 0 Å². The molecule has 0 saturated heterocycles. The Morgan fingerprint density at radius 3 is 1.45 bits per heavy atom. The largest absolute Gasteiger partial charge is 0.463 e. The number of benzene rings is 4. The zero-order valence-electron chi connectivity index (χ0n) is 28.0. The quantitative estimate of drug-likeness (QED) is 0.197. The fourth-order valence-corrected chi connectivity index (χ4v) is 3.61. The van der Waals surface area contributed by atoms with Crippen LogP contribution in [0.15, 0.2) is 115 Å². The lowest BCUT2D eigenvalue weighted by Gasteiger charge is -2.07. The van der Waals surface area contributed by atoms with Gasteiger partial charge >= 0.3 is 5.97 Å². The molecule has 44 heavy (non-hydrogen) atoms. The zero-order chi connectivity index (χ0) is 33.0. The molecule has 0 spiro atoms. The van der Waals surface area contributed by atoms with Gasteiger partial charge in [0.1, 0.15) is 12.7 Å². The van der Waals surface area contributed by atoms with Crippen molar-refractivity contribution in [3.63, 3.8) is 0 Å². The van der Waals surface area contributed by atoms with Crippen molar-refractivity contribution in [1.29, 1.82) is 0 Å². The number of hydrogen-bond donors (Lipinski definition) is 1. The van der Waals surface area contributed by atoms with E-state index in [2.05, 4.69) is 113 Å². The summed E-state index contributed by atoms with van der Waals surface area (Å²) < 4.78 is 9.08. The predicted molar refractivity (Wildman–Crippen MR) is 188 cm³/mol. The molecule has 5 nitrogen and oxygen atoms in total. The number of para-hydroxylation sites is 1. The monoisotopic (exact) mass is 599 g/mol. The van der Waals surface area contributed by atoms with Gasteiger partial charge in [-0.05, 0) is 46.9 Å². The second-order valence-electron chi connectivity index (χ2n) is 8.98. The standard InChI is InChI=1S/C10H8.C10H14.C9H7N.C6H12O4.2C2H6/c1-2-6-10-8-4-3-7-9(10)5-1;1-3-9-5-7-10(4-2)8-6-9;1-2-6-9-8(4-1)5-3-7-10-9;1-5(7)10-4-6(8)3-9-2;2*1-2/h1-8H;5-8H,3-4H2,1-2H3;1-7H;6,8H,3-4H2,1-2H3;2*1-2H3. The van der Waals surface area contributed by atoms with Crippen molar-refractivity contribution in [2.45, 2.75) is 67.4 Å². The third-order valence-electron chi connectivity index (χ3n) is 5.85. The molecule has 238 valence electrons. The number of aryl methyl sites for hydroxylation is 2. The number of methoxy groups -OCH3 is 1. The van der Waals surface area contributed by atoms with E-state index in [1.54, 1.807) is 0 Å². The molecule has 4 aromatic carbocycles. The van der Waals surface area contributed by atoms with Gasteiger partial charge in [-0.25, -0.2) is 0 Å². The molecule has 5 heteroatoms. The number of pyridine rings is 1. The van der Waals surface area contributed by atoms with E-state index in [0.717, 1.165) is 18.4 Å². The Hall–Kier alpha value is -4.06. The highest BCUT2D eigenvalue weighted by molar-refractivity contribution is 5.82. The van der Waals surface area contributed by atoms with Crippen LogP contribution in [0.3, 0.4) is 0 Å². The summed E-state index contributed by atoms with van der Waals surface area (Å²) in [6.07, 6.45) is 3.38. The molecule has 0 radical (unpaired) electrons. The highest BCUT2D eigenvalue weighted by atomic mass is 16.5. The highest BCUT2D eigenvalue weighted by Crippen LogP contribution is 2.11. The molecule has 1 aromatic heterocycles. The molecule has 0 aliphatic carbocycles. The van der Waals surface area contributed by atoms with Gasteiger partial charge in [-0.3, -0.25) is 9.78 Å². The smallest absolute Gasteiger partial charge is 0.302 e. The van der Waals surface area contributed by atoms with E-state index < -0.39 is 12.1 Å². The molecule has 5 aromatic rings. The molecule has 1 atom stereocenters. The second kappa shape index (κ2) is 26.6. The minimum Gasteiger partial charge on any atom is -0.463 e. The van der Waals surface area contributed by atoms with Crippen LogP contribution in [0.5, 0.6) is 0 Å². The third kappa shape index (κ3) is 17.8. The normalized spacial score (nSPS) is 9.93. The second-order valence-corrected chi connectivity index (χ2v) is 8.98. The van der Waals surface area contributed by atoms with Gasteiger partial charge < -0.3 is 14.6 Å². The maximum absolute atomic E-state index is 10.2. The number of nitrogens with zero attached hydrogens (tertiary/aromatic N) is 1. The van der Waals surface area contributed by atoms with E-state index in [1.165, 1.54) is 41.3 Å². The van der Waals surface area contributed by atoms with Crippen LogP contribution in [0.4, 0.5) is 0 Å². The SMILES string of the molecule is CC.CC.CCc1ccc(CC)cc1.COCC(O)COC(C)=O.c1ccc2ccccc2c1.c1ccc2ncccc2c1. The summed E-state index contributed by atoms with van der Waals surface area (Å²) in [6, 6.07) is 37.6. The summed E-state index contributed by atoms with van der Waals surface area (Å²) in [5.41, 5.74) is 3.92. The summed E-state index contributed by atoms with van der Waals surface area (Å²) >= 11 is 0. The van der Waals surface area contributed by atoms with Gasteiger partial charge in [-0.1, -0.05) is 139 Å². The van der Waals surface area contributed by atoms with Crippen molar-refractivity contribution in [1.82, 2.24) is 4.98 Å². The molecule has 0 saturated carbocycles. The van der Waals surface area contributed by atoms with Crippen molar-refractivity contribution in [3.05, 3.63) is 127 Å². The van der Waals surface area contributed by atoms with E-state index in [1.807, 2.05) is 58.2 Å². The van der Waals surface area contributed by atoms with Crippen LogP contribution in [0.2, 0.25) is 0 Å². The van der Waals surface area contributed by atoms with Gasteiger partial charge in [0.05, 0.1) is 12.1 Å². The molecular formula is C39H53NO4. The van der Waals surface area contributed by atoms with E-state index in [0.29, 0.717) is 0 Å². The van der Waals surface area contributed by atoms with Crippen molar-refractivity contribution in [2.75, 3.05) is 20.3 Å². The van der Waals surface area contributed by atoms with E-state index in [-0.39, 0.29) is 13.2 Å². The Morgan fingerprint density at radius 2 is 1.07 bits per heavy atom. The van der Waals surface area contributed by atoms with Crippen molar-refractivity contribution in [2.24, 2.45) is 0 Å². The molecule has 1 N–H and O–H groups in total. The van der Waals surface area contributed by atoms with E-state index in [9.17, 15) is 4.79 Å². The van der Waals surface area contributed by atoms with Crippen molar-refractivity contribution in [3.8, 4) is 0 Å². The van der Waals surface area contributed by atoms with Gasteiger partial charge in [0.2, 0.25) is 0 Å². The average molecular weight is 600 g/mol. The average Bonchev–Trinajstić information content (AvgIpc) is 3.10. The maximum atomic E-state index is 10.2. The Bertz CT molecular complexity index is 1160. The number of aliphatic hydroxyl groups excluding tert-OH is 1. The molecule has 0 fully saturated rings. The Kier molecular flexibility index (Phi) is 24.1. The van der Waals surface area contributed by atoms with Gasteiger partial charge in [0.15, 0.2) is 0 Å². The van der Waals surface area contributed by atoms with E-state index in [4.69, 9.17) is 5.11 Å². The van der Waals surface area contributed by atoms with Crippen LogP contribution in [-0.4, -0.2) is 42.5 Å². The first-order valence-corrected chi connectivity index (χ1v) is 15.6. The molecule has 5 rings (SSSR count). The Morgan fingerprint density at radius 1 is 0.659 bits per heavy atom. The van der Waals surface area contributed by atoms with Crippen molar-refractivity contribution < 1.29 is 19.4 Å². The number of esters is 1. The number of aliphatic hydroxyl groups is 1. The lowest BCUT2D eigenvalue weighted by atomic mass is 10.1. The first-order chi connectivity index (χ1) is 21.5. The zero-order valence-corrected chi connectivity index (χ0v) is 28.0. The molecular weight excluding hydrogens is 546 g/mol. The van der Waals surface area contributed by atoms with E-state index >= 15 is 0 Å². The highest BCUT2D eigenvalue weighted by Gasteiger charge is 2.04. The van der Waals surface area contributed by atoms with Gasteiger partial charge in [0.25, 0.3) is 0 Å². The lowest BCUT2D eigenvalue weighted by molar-refractivity contribution is -0.144. The van der Waals surface area contributed by atoms with Gasteiger partial charge in [-0.2, -0.15) is 0 Å². The van der Waals surface area contributed by atoms with Crippen molar-refractivity contribution >= 4 is 27.6 Å². The number of carbonyl (C=O) groups is 1. The fourth-order valence-electron chi connectivity index (χ4n) is 3.61. The minimum absolute atomic E-state index is 0.00315. The van der Waals surface area contributed by atoms with Crippen LogP contribution >= 0.6 is 0 Å². The van der Waals surface area contributed by atoms with Crippen LogP contribution in [-0.2, 0) is 27.1 Å². The first-order valence-electron chi connectivity index (χ1n) is 15.6. The molecule has 0 aliphatic rings. The lowest BCUT2D eigenvalue weighted by Crippen LogP contribution is -2.22.